The van der Waals surface area contributed by atoms with Crippen LogP contribution in [0.5, 0.6) is 0 Å². The fourth-order valence-electron chi connectivity index (χ4n) is 3.45. The SMILES string of the molecule is O=C(CCc1ccc(Cl)cc1)N1CCC(C(O)c2ccccc2)CC1. The summed E-state index contributed by atoms with van der Waals surface area (Å²) in [6.07, 6.45) is 2.52. The highest BCUT2D eigenvalue weighted by atomic mass is 35.5. The molecule has 0 aromatic heterocycles. The van der Waals surface area contributed by atoms with Crippen LogP contribution in [-0.4, -0.2) is 29.0 Å². The molecule has 1 N–H and O–H groups in total. The van der Waals surface area contributed by atoms with Crippen LogP contribution in [-0.2, 0) is 11.2 Å². The molecule has 132 valence electrons. The van der Waals surface area contributed by atoms with Gasteiger partial charge in [0, 0.05) is 24.5 Å². The van der Waals surface area contributed by atoms with Gasteiger partial charge in [0.25, 0.3) is 0 Å². The first-order valence-corrected chi connectivity index (χ1v) is 9.26. The standard InChI is InChI=1S/C21H24ClNO2/c22-19-9-6-16(7-10-19)8-11-20(24)23-14-12-18(13-15-23)21(25)17-4-2-1-3-5-17/h1-7,9-10,18,21,25H,8,11-15H2. The van der Waals surface area contributed by atoms with E-state index < -0.39 is 6.10 Å². The summed E-state index contributed by atoms with van der Waals surface area (Å²) < 4.78 is 0. The summed E-state index contributed by atoms with van der Waals surface area (Å²) >= 11 is 5.88. The molecule has 4 heteroatoms. The number of benzene rings is 2. The van der Waals surface area contributed by atoms with Crippen molar-refractivity contribution in [1.29, 1.82) is 0 Å². The van der Waals surface area contributed by atoms with Crippen molar-refractivity contribution < 1.29 is 9.90 Å². The smallest absolute Gasteiger partial charge is 0.222 e. The molecule has 3 nitrogen and oxygen atoms in total. The predicted molar refractivity (Wildman–Crippen MR) is 100 cm³/mol. The Morgan fingerprint density at radius 2 is 1.72 bits per heavy atom. The molecule has 1 amide bonds. The van der Waals surface area contributed by atoms with E-state index in [1.165, 1.54) is 0 Å². The van der Waals surface area contributed by atoms with Crippen LogP contribution in [0.4, 0.5) is 0 Å². The molecule has 2 aromatic carbocycles. The maximum Gasteiger partial charge on any atom is 0.222 e. The third-order valence-electron chi connectivity index (χ3n) is 5.02. The van der Waals surface area contributed by atoms with Crippen LogP contribution in [0.25, 0.3) is 0 Å². The van der Waals surface area contributed by atoms with Crippen molar-refractivity contribution in [3.05, 3.63) is 70.7 Å². The Balaban J connectivity index is 1.46. The molecule has 3 rings (SSSR count). The second-order valence-corrected chi connectivity index (χ2v) is 7.14. The Labute approximate surface area is 154 Å². The molecule has 0 saturated carbocycles. The zero-order valence-electron chi connectivity index (χ0n) is 14.3. The van der Waals surface area contributed by atoms with Crippen molar-refractivity contribution >= 4 is 17.5 Å². The van der Waals surface area contributed by atoms with E-state index >= 15 is 0 Å². The van der Waals surface area contributed by atoms with E-state index in [0.29, 0.717) is 11.4 Å². The maximum absolute atomic E-state index is 12.4. The number of halogens is 1. The van der Waals surface area contributed by atoms with Gasteiger partial charge in [0.2, 0.25) is 5.91 Å². The molecule has 25 heavy (non-hydrogen) atoms. The van der Waals surface area contributed by atoms with Gasteiger partial charge in [0.05, 0.1) is 6.10 Å². The zero-order valence-corrected chi connectivity index (χ0v) is 15.0. The fourth-order valence-corrected chi connectivity index (χ4v) is 3.57. The number of amides is 1. The van der Waals surface area contributed by atoms with Gasteiger partial charge in [-0.25, -0.2) is 0 Å². The van der Waals surface area contributed by atoms with Crippen molar-refractivity contribution in [2.24, 2.45) is 5.92 Å². The highest BCUT2D eigenvalue weighted by Gasteiger charge is 2.27. The fraction of sp³-hybridized carbons (Fsp3) is 0.381. The zero-order chi connectivity index (χ0) is 17.6. The van der Waals surface area contributed by atoms with Crippen molar-refractivity contribution in [3.8, 4) is 0 Å². The number of piperidine rings is 1. The molecule has 1 saturated heterocycles. The van der Waals surface area contributed by atoms with E-state index in [9.17, 15) is 9.90 Å². The number of aliphatic hydroxyl groups is 1. The topological polar surface area (TPSA) is 40.5 Å². The minimum Gasteiger partial charge on any atom is -0.388 e. The molecule has 1 unspecified atom stereocenters. The van der Waals surface area contributed by atoms with Crippen LogP contribution >= 0.6 is 11.6 Å². The molecular formula is C21H24ClNO2. The Bertz CT molecular complexity index is 679. The Hall–Kier alpha value is -1.84. The van der Waals surface area contributed by atoms with Gasteiger partial charge < -0.3 is 10.0 Å². The van der Waals surface area contributed by atoms with Crippen LogP contribution in [0.2, 0.25) is 5.02 Å². The maximum atomic E-state index is 12.4. The molecule has 0 aliphatic carbocycles. The van der Waals surface area contributed by atoms with Crippen LogP contribution in [0, 0.1) is 5.92 Å². The lowest BCUT2D eigenvalue weighted by Gasteiger charge is -2.34. The monoisotopic (exact) mass is 357 g/mol. The summed E-state index contributed by atoms with van der Waals surface area (Å²) in [7, 11) is 0. The summed E-state index contributed by atoms with van der Waals surface area (Å²) in [5, 5.41) is 11.2. The van der Waals surface area contributed by atoms with Crippen molar-refractivity contribution in [1.82, 2.24) is 4.90 Å². The third kappa shape index (κ3) is 4.83. The minimum atomic E-state index is -0.437. The molecule has 0 spiro atoms. The van der Waals surface area contributed by atoms with Crippen molar-refractivity contribution in [2.45, 2.75) is 31.8 Å². The van der Waals surface area contributed by atoms with Gasteiger partial charge in [0.1, 0.15) is 0 Å². The number of nitrogens with zero attached hydrogens (tertiary/aromatic N) is 1. The number of hydrogen-bond donors (Lipinski definition) is 1. The highest BCUT2D eigenvalue weighted by Crippen LogP contribution is 2.30. The summed E-state index contributed by atoms with van der Waals surface area (Å²) in [5.74, 6) is 0.422. The van der Waals surface area contributed by atoms with E-state index in [1.807, 2.05) is 59.5 Å². The van der Waals surface area contributed by atoms with Crippen molar-refractivity contribution in [2.75, 3.05) is 13.1 Å². The lowest BCUT2D eigenvalue weighted by molar-refractivity contribution is -0.133. The van der Waals surface area contributed by atoms with Crippen LogP contribution in [0.1, 0.15) is 36.5 Å². The molecule has 1 aliphatic heterocycles. The molecule has 1 atom stereocenters. The van der Waals surface area contributed by atoms with Gasteiger partial charge in [-0.15, -0.1) is 0 Å². The van der Waals surface area contributed by atoms with Crippen LogP contribution in [0.15, 0.2) is 54.6 Å². The van der Waals surface area contributed by atoms with Gasteiger partial charge in [-0.05, 0) is 48.4 Å². The number of rotatable bonds is 5. The van der Waals surface area contributed by atoms with Gasteiger partial charge in [-0.1, -0.05) is 54.1 Å². The number of aliphatic hydroxyl groups excluding tert-OH is 1. The second-order valence-electron chi connectivity index (χ2n) is 6.70. The number of aryl methyl sites for hydroxylation is 1. The first-order chi connectivity index (χ1) is 12.1. The molecule has 1 heterocycles. The number of hydrogen-bond acceptors (Lipinski definition) is 2. The predicted octanol–water partition coefficient (Wildman–Crippen LogP) is 4.24. The Morgan fingerprint density at radius 1 is 1.08 bits per heavy atom. The average molecular weight is 358 g/mol. The lowest BCUT2D eigenvalue weighted by Crippen LogP contribution is -2.39. The average Bonchev–Trinajstić information content (AvgIpc) is 2.67. The molecule has 0 bridgehead atoms. The van der Waals surface area contributed by atoms with Gasteiger partial charge in [0.15, 0.2) is 0 Å². The molecular weight excluding hydrogens is 334 g/mol. The van der Waals surface area contributed by atoms with Gasteiger partial charge in [-0.2, -0.15) is 0 Å². The third-order valence-corrected chi connectivity index (χ3v) is 5.27. The van der Waals surface area contributed by atoms with E-state index in [-0.39, 0.29) is 11.8 Å². The van der Waals surface area contributed by atoms with E-state index in [1.54, 1.807) is 0 Å². The molecule has 0 radical (unpaired) electrons. The molecule has 2 aromatic rings. The van der Waals surface area contributed by atoms with Gasteiger partial charge >= 0.3 is 0 Å². The highest BCUT2D eigenvalue weighted by molar-refractivity contribution is 6.30. The Kier molecular flexibility index (Phi) is 6.11. The normalized spacial score (nSPS) is 16.6. The van der Waals surface area contributed by atoms with E-state index in [2.05, 4.69) is 0 Å². The number of likely N-dealkylation sites (tertiary alicyclic amines) is 1. The lowest BCUT2D eigenvalue weighted by atomic mass is 9.87. The summed E-state index contributed by atoms with van der Waals surface area (Å²) in [6.45, 7) is 1.46. The minimum absolute atomic E-state index is 0.197. The van der Waals surface area contributed by atoms with Crippen molar-refractivity contribution in [3.63, 3.8) is 0 Å². The summed E-state index contributed by atoms with van der Waals surface area (Å²) in [4.78, 5) is 14.4. The van der Waals surface area contributed by atoms with Crippen LogP contribution < -0.4 is 0 Å². The number of carbonyl (C=O) groups excluding carboxylic acids is 1. The quantitative estimate of drug-likeness (QED) is 0.869. The molecule has 1 fully saturated rings. The summed E-state index contributed by atoms with van der Waals surface area (Å²) in [5.41, 5.74) is 2.10. The van der Waals surface area contributed by atoms with E-state index in [0.717, 1.165) is 43.5 Å². The van der Waals surface area contributed by atoms with Gasteiger partial charge in [-0.3, -0.25) is 4.79 Å². The second kappa shape index (κ2) is 8.50. The van der Waals surface area contributed by atoms with E-state index in [4.69, 9.17) is 11.6 Å². The number of carbonyl (C=O) groups is 1. The largest absolute Gasteiger partial charge is 0.388 e. The molecule has 1 aliphatic rings. The van der Waals surface area contributed by atoms with Crippen LogP contribution in [0.3, 0.4) is 0 Å². The Morgan fingerprint density at radius 3 is 2.36 bits per heavy atom. The first-order valence-electron chi connectivity index (χ1n) is 8.89. The first kappa shape index (κ1) is 18.0. The summed E-state index contributed by atoms with van der Waals surface area (Å²) in [6, 6.07) is 17.5.